The van der Waals surface area contributed by atoms with Gasteiger partial charge in [-0.3, -0.25) is 9.59 Å². The second-order valence-corrected chi connectivity index (χ2v) is 9.10. The minimum atomic E-state index is -3.64. The van der Waals surface area contributed by atoms with Gasteiger partial charge in [0.1, 0.15) is 0 Å². The smallest absolute Gasteiger partial charge is 0.261 e. The molecular formula is C19H25N3O4S2. The maximum absolute atomic E-state index is 12.8. The zero-order valence-electron chi connectivity index (χ0n) is 16.4. The van der Waals surface area contributed by atoms with Gasteiger partial charge >= 0.3 is 0 Å². The minimum Gasteiger partial charge on any atom is -0.342 e. The quantitative estimate of drug-likeness (QED) is 0.682. The lowest BCUT2D eigenvalue weighted by molar-refractivity contribution is -0.115. The van der Waals surface area contributed by atoms with E-state index >= 15 is 0 Å². The van der Waals surface area contributed by atoms with Crippen molar-refractivity contribution < 1.29 is 18.0 Å². The summed E-state index contributed by atoms with van der Waals surface area (Å²) < 4.78 is 27.0. The lowest BCUT2D eigenvalue weighted by Crippen LogP contribution is -2.33. The highest BCUT2D eigenvalue weighted by Gasteiger charge is 2.23. The van der Waals surface area contributed by atoms with Gasteiger partial charge in [0.15, 0.2) is 0 Å². The number of benzene rings is 1. The molecule has 0 atom stereocenters. The number of nitrogens with zero attached hydrogens (tertiary/aromatic N) is 1. The molecule has 1 aromatic heterocycles. The molecule has 9 heteroatoms. The maximum atomic E-state index is 12.8. The van der Waals surface area contributed by atoms with Crippen LogP contribution in [0.3, 0.4) is 0 Å². The number of hydrogen-bond acceptors (Lipinski definition) is 5. The fraction of sp³-hybridized carbons (Fsp3) is 0.368. The van der Waals surface area contributed by atoms with Gasteiger partial charge in [-0.05, 0) is 48.6 Å². The van der Waals surface area contributed by atoms with E-state index < -0.39 is 15.9 Å². The van der Waals surface area contributed by atoms with Gasteiger partial charge in [0.2, 0.25) is 15.9 Å². The lowest BCUT2D eigenvalue weighted by atomic mass is 10.1. The van der Waals surface area contributed by atoms with Crippen LogP contribution in [0.1, 0.15) is 34.6 Å². The van der Waals surface area contributed by atoms with Crippen molar-refractivity contribution in [3.05, 3.63) is 45.6 Å². The standard InChI is InChI=1S/C19H25N3O4S2/c1-5-22(6-2)28(25,26)15-10-13(3)14(4)16(11-15)21-18(23)12-20-19(24)17-8-7-9-27-17/h7-11H,5-6,12H2,1-4H3,(H,20,24)(H,21,23). The monoisotopic (exact) mass is 423 g/mol. The molecule has 1 heterocycles. The molecule has 0 aliphatic heterocycles. The Labute approximate surface area is 169 Å². The SMILES string of the molecule is CCN(CC)S(=O)(=O)c1cc(C)c(C)c(NC(=O)CNC(=O)c2cccs2)c1. The molecule has 0 spiro atoms. The number of rotatable bonds is 8. The predicted molar refractivity (Wildman–Crippen MR) is 111 cm³/mol. The summed E-state index contributed by atoms with van der Waals surface area (Å²) >= 11 is 1.29. The van der Waals surface area contributed by atoms with Crippen LogP contribution in [0.2, 0.25) is 0 Å². The van der Waals surface area contributed by atoms with Gasteiger partial charge in [-0.15, -0.1) is 11.3 Å². The second-order valence-electron chi connectivity index (χ2n) is 6.21. The average molecular weight is 424 g/mol. The molecule has 0 bridgehead atoms. The van der Waals surface area contributed by atoms with E-state index in [1.807, 2.05) is 6.92 Å². The fourth-order valence-electron chi connectivity index (χ4n) is 2.67. The number of sulfonamides is 1. The van der Waals surface area contributed by atoms with E-state index in [4.69, 9.17) is 0 Å². The highest BCUT2D eigenvalue weighted by atomic mass is 32.2. The highest BCUT2D eigenvalue weighted by molar-refractivity contribution is 7.89. The third-order valence-electron chi connectivity index (χ3n) is 4.41. The summed E-state index contributed by atoms with van der Waals surface area (Å²) in [6.45, 7) is 7.68. The molecule has 7 nitrogen and oxygen atoms in total. The number of thiophene rings is 1. The van der Waals surface area contributed by atoms with Crippen LogP contribution in [-0.4, -0.2) is 44.2 Å². The first-order chi connectivity index (χ1) is 13.2. The zero-order chi connectivity index (χ0) is 20.9. The summed E-state index contributed by atoms with van der Waals surface area (Å²) in [6.07, 6.45) is 0. The first-order valence-corrected chi connectivity index (χ1v) is 11.3. The van der Waals surface area contributed by atoms with E-state index in [0.717, 1.165) is 11.1 Å². The molecule has 0 radical (unpaired) electrons. The second kappa shape index (κ2) is 9.31. The summed E-state index contributed by atoms with van der Waals surface area (Å²) in [5, 5.41) is 7.04. The van der Waals surface area contributed by atoms with Crippen LogP contribution in [0.15, 0.2) is 34.5 Å². The largest absolute Gasteiger partial charge is 0.342 e. The predicted octanol–water partition coefficient (Wildman–Crippen LogP) is 2.76. The molecule has 2 N–H and O–H groups in total. The van der Waals surface area contributed by atoms with Crippen LogP contribution in [0, 0.1) is 13.8 Å². The number of carbonyl (C=O) groups is 2. The molecule has 0 aliphatic rings. The summed E-state index contributed by atoms with van der Waals surface area (Å²) in [6, 6.07) is 6.51. The Balaban J connectivity index is 2.18. The number of amides is 2. The molecule has 2 rings (SSSR count). The molecule has 2 amide bonds. The molecular weight excluding hydrogens is 398 g/mol. The Hall–Kier alpha value is -2.23. The molecule has 1 aromatic carbocycles. The number of anilines is 1. The van der Waals surface area contributed by atoms with Gasteiger partial charge in [0.05, 0.1) is 16.3 Å². The van der Waals surface area contributed by atoms with E-state index in [1.165, 1.54) is 21.7 Å². The Morgan fingerprint density at radius 3 is 2.39 bits per heavy atom. The van der Waals surface area contributed by atoms with Crippen molar-refractivity contribution in [3.8, 4) is 0 Å². The van der Waals surface area contributed by atoms with Gasteiger partial charge in [-0.2, -0.15) is 4.31 Å². The Morgan fingerprint density at radius 2 is 1.82 bits per heavy atom. The molecule has 0 unspecified atom stereocenters. The van der Waals surface area contributed by atoms with Crippen molar-refractivity contribution in [2.24, 2.45) is 0 Å². The van der Waals surface area contributed by atoms with Gasteiger partial charge in [0, 0.05) is 18.8 Å². The van der Waals surface area contributed by atoms with Gasteiger partial charge in [-0.25, -0.2) is 8.42 Å². The van der Waals surface area contributed by atoms with Crippen molar-refractivity contribution in [1.29, 1.82) is 0 Å². The number of carbonyl (C=O) groups excluding carboxylic acids is 2. The Morgan fingerprint density at radius 1 is 1.14 bits per heavy atom. The number of hydrogen-bond donors (Lipinski definition) is 2. The average Bonchev–Trinajstić information content (AvgIpc) is 3.18. The third-order valence-corrected chi connectivity index (χ3v) is 7.31. The van der Waals surface area contributed by atoms with Crippen molar-refractivity contribution in [3.63, 3.8) is 0 Å². The normalized spacial score (nSPS) is 11.5. The maximum Gasteiger partial charge on any atom is 0.261 e. The van der Waals surface area contributed by atoms with E-state index in [-0.39, 0.29) is 17.3 Å². The van der Waals surface area contributed by atoms with E-state index in [2.05, 4.69) is 10.6 Å². The van der Waals surface area contributed by atoms with Crippen molar-refractivity contribution in [2.75, 3.05) is 25.0 Å². The summed E-state index contributed by atoms with van der Waals surface area (Å²) in [5.41, 5.74) is 1.95. The van der Waals surface area contributed by atoms with Gasteiger partial charge < -0.3 is 10.6 Å². The molecule has 0 aliphatic carbocycles. The summed E-state index contributed by atoms with van der Waals surface area (Å²) in [4.78, 5) is 24.9. The first-order valence-electron chi connectivity index (χ1n) is 8.93. The molecule has 2 aromatic rings. The van der Waals surface area contributed by atoms with Crippen molar-refractivity contribution >= 4 is 38.9 Å². The summed E-state index contributed by atoms with van der Waals surface area (Å²) in [5.74, 6) is -0.749. The third kappa shape index (κ3) is 4.98. The van der Waals surface area contributed by atoms with E-state index in [1.54, 1.807) is 44.4 Å². The van der Waals surface area contributed by atoms with Crippen LogP contribution in [0.25, 0.3) is 0 Å². The van der Waals surface area contributed by atoms with E-state index in [0.29, 0.717) is 23.7 Å². The molecule has 152 valence electrons. The Kier molecular flexibility index (Phi) is 7.34. The minimum absolute atomic E-state index is 0.136. The number of nitrogens with one attached hydrogen (secondary N) is 2. The van der Waals surface area contributed by atoms with Crippen LogP contribution >= 0.6 is 11.3 Å². The highest BCUT2D eigenvalue weighted by Crippen LogP contribution is 2.26. The Bertz CT molecular complexity index is 950. The van der Waals surface area contributed by atoms with Crippen LogP contribution in [-0.2, 0) is 14.8 Å². The van der Waals surface area contributed by atoms with Crippen LogP contribution in [0.4, 0.5) is 5.69 Å². The van der Waals surface area contributed by atoms with Crippen molar-refractivity contribution in [2.45, 2.75) is 32.6 Å². The molecule has 0 saturated heterocycles. The molecule has 0 fully saturated rings. The van der Waals surface area contributed by atoms with Gasteiger partial charge in [0.25, 0.3) is 5.91 Å². The van der Waals surface area contributed by atoms with Gasteiger partial charge in [-0.1, -0.05) is 19.9 Å². The first kappa shape index (κ1) is 22.1. The number of aryl methyl sites for hydroxylation is 1. The zero-order valence-corrected chi connectivity index (χ0v) is 18.0. The molecule has 0 saturated carbocycles. The summed E-state index contributed by atoms with van der Waals surface area (Å²) in [7, 11) is -3.64. The van der Waals surface area contributed by atoms with E-state index in [9.17, 15) is 18.0 Å². The molecule has 28 heavy (non-hydrogen) atoms. The fourth-order valence-corrected chi connectivity index (χ4v) is 4.88. The topological polar surface area (TPSA) is 95.6 Å². The van der Waals surface area contributed by atoms with Crippen molar-refractivity contribution in [1.82, 2.24) is 9.62 Å². The van der Waals surface area contributed by atoms with Crippen LogP contribution < -0.4 is 10.6 Å². The van der Waals surface area contributed by atoms with Crippen LogP contribution in [0.5, 0.6) is 0 Å². The lowest BCUT2D eigenvalue weighted by Gasteiger charge is -2.20.